The molecule has 1 aromatic carbocycles. The van der Waals surface area contributed by atoms with Gasteiger partial charge in [-0.05, 0) is 55.6 Å². The lowest BCUT2D eigenvalue weighted by molar-refractivity contribution is -0.128. The normalized spacial score (nSPS) is 20.0. The molecule has 0 heterocycles. The largest absolute Gasteiger partial charge is 0.356 e. The Morgan fingerprint density at radius 3 is 1.92 bits per heavy atom. The highest BCUT2D eigenvalue weighted by molar-refractivity contribution is 5.94. The van der Waals surface area contributed by atoms with Gasteiger partial charge in [0.25, 0.3) is 0 Å². The van der Waals surface area contributed by atoms with E-state index in [0.717, 1.165) is 50.8 Å². The van der Waals surface area contributed by atoms with Crippen LogP contribution in [0, 0.1) is 17.8 Å². The first-order valence-corrected chi connectivity index (χ1v) is 10.2. The number of para-hydroxylation sites is 1. The van der Waals surface area contributed by atoms with Crippen molar-refractivity contribution >= 4 is 17.5 Å². The zero-order valence-electron chi connectivity index (χ0n) is 16.7. The van der Waals surface area contributed by atoms with Crippen molar-refractivity contribution in [3.05, 3.63) is 29.3 Å². The zero-order chi connectivity index (χ0) is 19.1. The first-order valence-electron chi connectivity index (χ1n) is 10.2. The second-order valence-corrected chi connectivity index (χ2v) is 7.84. The summed E-state index contributed by atoms with van der Waals surface area (Å²) in [7, 11) is 0. The maximum absolute atomic E-state index is 12.8. The molecule has 0 atom stereocenters. The molecule has 4 nitrogen and oxygen atoms in total. The molecular formula is C22H34N2O2. The average Bonchev–Trinajstić information content (AvgIpc) is 2.66. The number of carbonyl (C=O) groups is 2. The van der Waals surface area contributed by atoms with E-state index in [0.29, 0.717) is 5.92 Å². The summed E-state index contributed by atoms with van der Waals surface area (Å²) in [4.78, 5) is 25.0. The highest BCUT2D eigenvalue weighted by Gasteiger charge is 2.30. The molecule has 144 valence electrons. The summed E-state index contributed by atoms with van der Waals surface area (Å²) in [6.07, 6.45) is 5.01. The van der Waals surface area contributed by atoms with Crippen LogP contribution in [0.3, 0.4) is 0 Å². The number of rotatable bonds is 7. The maximum Gasteiger partial charge on any atom is 0.227 e. The minimum atomic E-state index is 0.0127. The third-order valence-electron chi connectivity index (χ3n) is 5.40. The van der Waals surface area contributed by atoms with Crippen LogP contribution >= 0.6 is 0 Å². The number of carbonyl (C=O) groups excluding carboxylic acids is 2. The van der Waals surface area contributed by atoms with E-state index < -0.39 is 0 Å². The minimum Gasteiger partial charge on any atom is -0.356 e. The van der Waals surface area contributed by atoms with Crippen molar-refractivity contribution in [2.45, 2.75) is 66.2 Å². The lowest BCUT2D eigenvalue weighted by Gasteiger charge is -2.28. The van der Waals surface area contributed by atoms with Crippen molar-refractivity contribution in [2.75, 3.05) is 11.9 Å². The van der Waals surface area contributed by atoms with E-state index in [9.17, 15) is 9.59 Å². The van der Waals surface area contributed by atoms with Crippen LogP contribution in [-0.2, 0) is 22.4 Å². The lowest BCUT2D eigenvalue weighted by Crippen LogP contribution is -2.37. The second-order valence-electron chi connectivity index (χ2n) is 7.84. The average molecular weight is 359 g/mol. The van der Waals surface area contributed by atoms with Crippen LogP contribution in [0.2, 0.25) is 0 Å². The van der Waals surface area contributed by atoms with Gasteiger partial charge in [-0.3, -0.25) is 9.59 Å². The molecule has 0 radical (unpaired) electrons. The lowest BCUT2D eigenvalue weighted by atomic mass is 9.81. The molecular weight excluding hydrogens is 324 g/mol. The van der Waals surface area contributed by atoms with Crippen LogP contribution < -0.4 is 10.6 Å². The molecule has 0 bridgehead atoms. The fraction of sp³-hybridized carbons (Fsp3) is 0.636. The van der Waals surface area contributed by atoms with Crippen LogP contribution in [0.25, 0.3) is 0 Å². The van der Waals surface area contributed by atoms with Gasteiger partial charge in [0, 0.05) is 24.1 Å². The topological polar surface area (TPSA) is 58.2 Å². The van der Waals surface area contributed by atoms with E-state index in [1.165, 1.54) is 11.1 Å². The van der Waals surface area contributed by atoms with Crippen LogP contribution in [-0.4, -0.2) is 18.4 Å². The molecule has 1 aromatic rings. The van der Waals surface area contributed by atoms with Crippen molar-refractivity contribution < 1.29 is 9.59 Å². The van der Waals surface area contributed by atoms with Gasteiger partial charge in [0.2, 0.25) is 11.8 Å². The summed E-state index contributed by atoms with van der Waals surface area (Å²) in [6.45, 7) is 9.16. The minimum absolute atomic E-state index is 0.0127. The van der Waals surface area contributed by atoms with Crippen LogP contribution in [0.15, 0.2) is 18.2 Å². The van der Waals surface area contributed by atoms with Gasteiger partial charge in [0.05, 0.1) is 0 Å². The fourth-order valence-corrected chi connectivity index (χ4v) is 3.70. The van der Waals surface area contributed by atoms with Gasteiger partial charge in [0.1, 0.15) is 0 Å². The van der Waals surface area contributed by atoms with Gasteiger partial charge >= 0.3 is 0 Å². The number of nitrogens with one attached hydrogen (secondary N) is 2. The van der Waals surface area contributed by atoms with Crippen molar-refractivity contribution in [2.24, 2.45) is 17.8 Å². The monoisotopic (exact) mass is 358 g/mol. The molecule has 0 spiro atoms. The Bertz CT molecular complexity index is 594. The van der Waals surface area contributed by atoms with Gasteiger partial charge in [-0.2, -0.15) is 0 Å². The van der Waals surface area contributed by atoms with Gasteiger partial charge in [-0.15, -0.1) is 0 Å². The molecule has 1 aliphatic rings. The van der Waals surface area contributed by atoms with Gasteiger partial charge in [-0.1, -0.05) is 45.9 Å². The standard InChI is InChI=1S/C22H34N2O2/c1-5-16-8-7-9-17(6-2)20(16)24-22(26)19-12-10-18(11-13-19)21(25)23-14-15(3)4/h7-9,15,18-19H,5-6,10-14H2,1-4H3,(H,23,25)(H,24,26). The Labute approximate surface area is 158 Å². The highest BCUT2D eigenvalue weighted by Crippen LogP contribution is 2.31. The van der Waals surface area contributed by atoms with Crippen molar-refractivity contribution in [3.63, 3.8) is 0 Å². The van der Waals surface area contributed by atoms with E-state index in [-0.39, 0.29) is 23.7 Å². The Kier molecular flexibility index (Phi) is 7.67. The molecule has 0 aliphatic heterocycles. The molecule has 0 saturated heterocycles. The zero-order valence-corrected chi connectivity index (χ0v) is 16.7. The Morgan fingerprint density at radius 1 is 0.962 bits per heavy atom. The smallest absolute Gasteiger partial charge is 0.227 e. The molecule has 2 amide bonds. The number of aryl methyl sites for hydroxylation is 2. The molecule has 2 rings (SSSR count). The maximum atomic E-state index is 12.8. The Hall–Kier alpha value is -1.84. The Balaban J connectivity index is 1.92. The van der Waals surface area contributed by atoms with Gasteiger partial charge in [-0.25, -0.2) is 0 Å². The summed E-state index contributed by atoms with van der Waals surface area (Å²) in [5, 5.41) is 6.22. The molecule has 4 heteroatoms. The quantitative estimate of drug-likeness (QED) is 0.762. The van der Waals surface area contributed by atoms with E-state index in [4.69, 9.17) is 0 Å². The summed E-state index contributed by atoms with van der Waals surface area (Å²) in [5.41, 5.74) is 3.39. The predicted molar refractivity (Wildman–Crippen MR) is 107 cm³/mol. The fourth-order valence-electron chi connectivity index (χ4n) is 3.70. The van der Waals surface area contributed by atoms with Crippen LogP contribution in [0.1, 0.15) is 64.5 Å². The Morgan fingerprint density at radius 2 is 1.46 bits per heavy atom. The van der Waals surface area contributed by atoms with Crippen LogP contribution in [0.5, 0.6) is 0 Å². The first kappa shape index (κ1) is 20.5. The third kappa shape index (κ3) is 5.33. The third-order valence-corrected chi connectivity index (χ3v) is 5.40. The molecule has 1 fully saturated rings. The number of anilines is 1. The number of amides is 2. The van der Waals surface area contributed by atoms with Crippen molar-refractivity contribution in [1.82, 2.24) is 5.32 Å². The van der Waals surface area contributed by atoms with E-state index >= 15 is 0 Å². The second kappa shape index (κ2) is 9.75. The molecule has 1 aliphatic carbocycles. The number of benzene rings is 1. The van der Waals surface area contributed by atoms with Crippen LogP contribution in [0.4, 0.5) is 5.69 Å². The summed E-state index contributed by atoms with van der Waals surface area (Å²) >= 11 is 0. The molecule has 26 heavy (non-hydrogen) atoms. The van der Waals surface area contributed by atoms with Gasteiger partial charge < -0.3 is 10.6 Å². The van der Waals surface area contributed by atoms with Gasteiger partial charge in [0.15, 0.2) is 0 Å². The van der Waals surface area contributed by atoms with Crippen molar-refractivity contribution in [1.29, 1.82) is 0 Å². The first-order chi connectivity index (χ1) is 12.5. The van der Waals surface area contributed by atoms with E-state index in [2.05, 4.69) is 56.5 Å². The van der Waals surface area contributed by atoms with Crippen molar-refractivity contribution in [3.8, 4) is 0 Å². The molecule has 1 saturated carbocycles. The molecule has 0 aromatic heterocycles. The summed E-state index contributed by atoms with van der Waals surface area (Å²) < 4.78 is 0. The molecule has 0 unspecified atom stereocenters. The van der Waals surface area contributed by atoms with E-state index in [1.54, 1.807) is 0 Å². The number of hydrogen-bond acceptors (Lipinski definition) is 2. The van der Waals surface area contributed by atoms with E-state index in [1.807, 2.05) is 0 Å². The highest BCUT2D eigenvalue weighted by atomic mass is 16.2. The summed E-state index contributed by atoms with van der Waals surface area (Å²) in [6, 6.07) is 6.24. The molecule has 2 N–H and O–H groups in total. The summed E-state index contributed by atoms with van der Waals surface area (Å²) in [5.74, 6) is 0.807. The SMILES string of the molecule is CCc1cccc(CC)c1NC(=O)C1CCC(C(=O)NCC(C)C)CC1. The predicted octanol–water partition coefficient (Wildman–Crippen LogP) is 4.33. The number of hydrogen-bond donors (Lipinski definition) is 2.